The Labute approximate surface area is 65.5 Å². The molecule has 0 aromatic heterocycles. The maximum Gasteiger partial charge on any atom is 0.280 e. The van der Waals surface area contributed by atoms with Crippen molar-refractivity contribution in [3.05, 3.63) is 24.3 Å². The third-order valence-corrected chi connectivity index (χ3v) is 4.06. The van der Waals surface area contributed by atoms with Crippen LogP contribution in [0.25, 0.3) is 0 Å². The van der Waals surface area contributed by atoms with Crippen LogP contribution in [0.15, 0.2) is 24.3 Å². The van der Waals surface area contributed by atoms with Crippen molar-refractivity contribution < 1.29 is 12.6 Å². The summed E-state index contributed by atoms with van der Waals surface area (Å²) < 4.78 is 26.0. The summed E-state index contributed by atoms with van der Waals surface area (Å²) in [5.41, 5.74) is 0. The van der Waals surface area contributed by atoms with Gasteiger partial charge in [-0.1, -0.05) is 24.3 Å². The van der Waals surface area contributed by atoms with Gasteiger partial charge in [-0.3, -0.25) is 4.18 Å². The van der Waals surface area contributed by atoms with Crippen LogP contribution in [-0.4, -0.2) is 19.3 Å². The predicted molar refractivity (Wildman–Crippen MR) is 40.5 cm³/mol. The van der Waals surface area contributed by atoms with Crippen LogP contribution in [0.5, 0.6) is 0 Å². The van der Waals surface area contributed by atoms with Crippen LogP contribution in [0.4, 0.5) is 0 Å². The van der Waals surface area contributed by atoms with Gasteiger partial charge in [0.2, 0.25) is 0 Å². The molecule has 2 unspecified atom stereocenters. The van der Waals surface area contributed by atoms with Crippen LogP contribution < -0.4 is 0 Å². The van der Waals surface area contributed by atoms with Crippen LogP contribution in [0.3, 0.4) is 0 Å². The van der Waals surface area contributed by atoms with E-state index in [1.807, 2.05) is 0 Å². The van der Waals surface area contributed by atoms with E-state index in [-0.39, 0.29) is 6.10 Å². The van der Waals surface area contributed by atoms with Crippen molar-refractivity contribution in [2.75, 3.05) is 0 Å². The normalized spacial score (nSPS) is 44.6. The molecule has 0 N–H and O–H groups in total. The highest BCUT2D eigenvalue weighted by atomic mass is 32.2. The lowest BCUT2D eigenvalue weighted by atomic mass is 9.99. The molecule has 1 saturated heterocycles. The largest absolute Gasteiger partial charge is 0.280 e. The van der Waals surface area contributed by atoms with Crippen LogP contribution >= 0.6 is 0 Å². The van der Waals surface area contributed by atoms with Crippen LogP contribution in [0, 0.1) is 0 Å². The van der Waals surface area contributed by atoms with Crippen molar-refractivity contribution in [1.82, 2.24) is 0 Å². The predicted octanol–water partition coefficient (Wildman–Crippen LogP) is 0.600. The average molecular weight is 172 g/mol. The molecule has 0 saturated carbocycles. The highest BCUT2D eigenvalue weighted by Gasteiger charge is 2.56. The van der Waals surface area contributed by atoms with E-state index in [9.17, 15) is 8.42 Å². The first-order valence-corrected chi connectivity index (χ1v) is 4.76. The molecule has 3 nitrogen and oxygen atoms in total. The quantitative estimate of drug-likeness (QED) is 0.502. The molecule has 1 aliphatic heterocycles. The zero-order valence-electron chi connectivity index (χ0n) is 6.02. The molecule has 60 valence electrons. The molecular weight excluding hydrogens is 164 g/mol. The molecule has 1 fully saturated rings. The van der Waals surface area contributed by atoms with Crippen molar-refractivity contribution in [3.8, 4) is 0 Å². The Kier molecular flexibility index (Phi) is 1.13. The second kappa shape index (κ2) is 1.76. The second-order valence-electron chi connectivity index (χ2n) is 2.90. The van der Waals surface area contributed by atoms with Gasteiger partial charge in [0, 0.05) is 0 Å². The van der Waals surface area contributed by atoms with Gasteiger partial charge in [-0.2, -0.15) is 8.42 Å². The van der Waals surface area contributed by atoms with E-state index in [1.165, 1.54) is 0 Å². The first kappa shape index (κ1) is 7.06. The van der Waals surface area contributed by atoms with Crippen LogP contribution in [-0.2, 0) is 14.3 Å². The first-order chi connectivity index (χ1) is 5.06. The topological polar surface area (TPSA) is 43.4 Å². The molecule has 0 bridgehead atoms. The Morgan fingerprint density at radius 3 is 2.64 bits per heavy atom. The molecule has 0 aromatic carbocycles. The van der Waals surface area contributed by atoms with E-state index >= 15 is 0 Å². The van der Waals surface area contributed by atoms with Crippen LogP contribution in [0.1, 0.15) is 6.92 Å². The van der Waals surface area contributed by atoms with E-state index in [0.717, 1.165) is 0 Å². The number of allylic oxidation sites excluding steroid dienone is 2. The smallest absolute Gasteiger partial charge is 0.260 e. The zero-order chi connectivity index (χ0) is 8.11. The van der Waals surface area contributed by atoms with E-state index < -0.39 is 14.9 Å². The van der Waals surface area contributed by atoms with Gasteiger partial charge in [0.05, 0.1) is 0 Å². The minimum absolute atomic E-state index is 0.280. The van der Waals surface area contributed by atoms with Gasteiger partial charge < -0.3 is 0 Å². The lowest BCUT2D eigenvalue weighted by molar-refractivity contribution is 0.152. The minimum atomic E-state index is -3.32. The molecule has 0 radical (unpaired) electrons. The number of hydrogen-bond acceptors (Lipinski definition) is 3. The highest BCUT2D eigenvalue weighted by Crippen LogP contribution is 2.40. The fourth-order valence-electron chi connectivity index (χ4n) is 1.25. The second-order valence-corrected chi connectivity index (χ2v) is 4.88. The number of hydrogen-bond donors (Lipinski definition) is 0. The van der Waals surface area contributed by atoms with E-state index in [1.54, 1.807) is 31.2 Å². The lowest BCUT2D eigenvalue weighted by Crippen LogP contribution is -2.58. The molecule has 2 atom stereocenters. The third-order valence-electron chi connectivity index (χ3n) is 2.16. The van der Waals surface area contributed by atoms with Gasteiger partial charge in [-0.05, 0) is 6.92 Å². The SMILES string of the molecule is CC12C=CC=CC1OS2(=O)=O. The molecule has 11 heavy (non-hydrogen) atoms. The summed E-state index contributed by atoms with van der Waals surface area (Å²) in [6.07, 6.45) is 6.66. The van der Waals surface area contributed by atoms with E-state index in [4.69, 9.17) is 0 Å². The van der Waals surface area contributed by atoms with Gasteiger partial charge in [0.1, 0.15) is 10.9 Å². The Morgan fingerprint density at radius 2 is 2.18 bits per heavy atom. The summed E-state index contributed by atoms with van der Waals surface area (Å²) in [4.78, 5) is 0. The Morgan fingerprint density at radius 1 is 1.45 bits per heavy atom. The van der Waals surface area contributed by atoms with Crippen LogP contribution in [0.2, 0.25) is 0 Å². The Balaban J connectivity index is 2.49. The fourth-order valence-corrected chi connectivity index (χ4v) is 2.51. The summed E-state index contributed by atoms with van der Waals surface area (Å²) in [6, 6.07) is 0. The van der Waals surface area contributed by atoms with E-state index in [0.29, 0.717) is 0 Å². The molecule has 0 spiro atoms. The Bertz CT molecular complexity index is 339. The molecule has 2 rings (SSSR count). The van der Waals surface area contributed by atoms with Crippen molar-refractivity contribution in [1.29, 1.82) is 0 Å². The summed E-state index contributed by atoms with van der Waals surface area (Å²) in [6.45, 7) is 1.66. The van der Waals surface area contributed by atoms with Crippen molar-refractivity contribution in [2.45, 2.75) is 17.8 Å². The average Bonchev–Trinajstić information content (AvgIpc) is 1.93. The maximum atomic E-state index is 11.1. The molecule has 0 aromatic rings. The van der Waals surface area contributed by atoms with Gasteiger partial charge in [-0.25, -0.2) is 0 Å². The number of fused-ring (bicyclic) bond motifs is 1. The van der Waals surface area contributed by atoms with Gasteiger partial charge in [0.25, 0.3) is 10.1 Å². The molecule has 1 heterocycles. The minimum Gasteiger partial charge on any atom is -0.260 e. The van der Waals surface area contributed by atoms with Gasteiger partial charge >= 0.3 is 0 Å². The summed E-state index contributed by atoms with van der Waals surface area (Å²) >= 11 is 0. The fraction of sp³-hybridized carbons (Fsp3) is 0.429. The molecule has 1 aliphatic carbocycles. The Hall–Kier alpha value is -0.610. The standard InChI is InChI=1S/C7H8O3S/c1-7-5-3-2-4-6(7)10-11(7,8)9/h2-6H,1H3. The lowest BCUT2D eigenvalue weighted by Gasteiger charge is -2.42. The zero-order valence-corrected chi connectivity index (χ0v) is 6.84. The molecular formula is C7H8O3S. The van der Waals surface area contributed by atoms with Crippen molar-refractivity contribution >= 4 is 10.1 Å². The van der Waals surface area contributed by atoms with E-state index in [2.05, 4.69) is 4.18 Å². The molecule has 0 amide bonds. The van der Waals surface area contributed by atoms with Crippen molar-refractivity contribution in [3.63, 3.8) is 0 Å². The summed E-state index contributed by atoms with van der Waals surface area (Å²) in [5.74, 6) is 0. The van der Waals surface area contributed by atoms with Gasteiger partial charge in [0.15, 0.2) is 0 Å². The number of rotatable bonds is 0. The maximum absolute atomic E-state index is 11.1. The molecule has 4 heteroatoms. The summed E-state index contributed by atoms with van der Waals surface area (Å²) in [7, 11) is -3.32. The highest BCUT2D eigenvalue weighted by molar-refractivity contribution is 7.89. The third kappa shape index (κ3) is 0.684. The summed E-state index contributed by atoms with van der Waals surface area (Å²) in [5, 5.41) is 0. The molecule has 2 aliphatic rings. The first-order valence-electron chi connectivity index (χ1n) is 3.35. The van der Waals surface area contributed by atoms with Crippen molar-refractivity contribution in [2.24, 2.45) is 0 Å². The van der Waals surface area contributed by atoms with Gasteiger partial charge in [-0.15, -0.1) is 0 Å². The monoisotopic (exact) mass is 172 g/mol.